The van der Waals surface area contributed by atoms with E-state index in [1.165, 1.54) is 0 Å². The Hall–Kier alpha value is -1.55. The summed E-state index contributed by atoms with van der Waals surface area (Å²) >= 11 is 0. The molecular formula is C13H17N3O. The molecule has 1 aliphatic rings. The summed E-state index contributed by atoms with van der Waals surface area (Å²) in [6.07, 6.45) is 5.78. The van der Waals surface area contributed by atoms with Crippen LogP contribution in [0.4, 0.5) is 5.82 Å². The second kappa shape index (κ2) is 4.37. The molecule has 0 amide bonds. The number of furan rings is 1. The van der Waals surface area contributed by atoms with E-state index in [4.69, 9.17) is 4.42 Å². The molecule has 0 spiro atoms. The summed E-state index contributed by atoms with van der Waals surface area (Å²) in [5.41, 5.74) is 0.893. The molecule has 2 aromatic heterocycles. The highest BCUT2D eigenvalue weighted by Crippen LogP contribution is 2.24. The van der Waals surface area contributed by atoms with E-state index >= 15 is 0 Å². The number of aromatic nitrogens is 1. The third-order valence-corrected chi connectivity index (χ3v) is 3.34. The van der Waals surface area contributed by atoms with Gasteiger partial charge in [0.05, 0.1) is 11.6 Å². The van der Waals surface area contributed by atoms with Crippen LogP contribution in [0, 0.1) is 0 Å². The summed E-state index contributed by atoms with van der Waals surface area (Å²) in [6.45, 7) is 3.29. The molecule has 1 fully saturated rings. The number of hydrogen-bond donors (Lipinski definition) is 2. The van der Waals surface area contributed by atoms with Crippen LogP contribution in [0.3, 0.4) is 0 Å². The highest BCUT2D eigenvalue weighted by Gasteiger charge is 2.19. The predicted octanol–water partition coefficient (Wildman–Crippen LogP) is 2.38. The van der Waals surface area contributed by atoms with Crippen LogP contribution < -0.4 is 10.6 Å². The third-order valence-electron chi connectivity index (χ3n) is 3.34. The molecule has 3 rings (SSSR count). The van der Waals surface area contributed by atoms with E-state index in [-0.39, 0.29) is 0 Å². The smallest absolute Gasteiger partial charge is 0.139 e. The summed E-state index contributed by atoms with van der Waals surface area (Å²) in [7, 11) is 0. The van der Waals surface area contributed by atoms with Gasteiger partial charge in [-0.25, -0.2) is 4.98 Å². The molecule has 2 atom stereocenters. The molecule has 4 heteroatoms. The zero-order chi connectivity index (χ0) is 11.7. The average Bonchev–Trinajstić information content (AvgIpc) is 2.78. The lowest BCUT2D eigenvalue weighted by atomic mass is 10.0. The first-order valence-electron chi connectivity index (χ1n) is 6.15. The van der Waals surface area contributed by atoms with Crippen molar-refractivity contribution in [3.8, 4) is 0 Å². The lowest BCUT2D eigenvalue weighted by molar-refractivity contribution is 0.396. The number of rotatable bonds is 2. The average molecular weight is 231 g/mol. The summed E-state index contributed by atoms with van der Waals surface area (Å²) in [6, 6.07) is 4.94. The second-order valence-electron chi connectivity index (χ2n) is 4.71. The van der Waals surface area contributed by atoms with E-state index < -0.39 is 0 Å². The number of nitrogens with zero attached hydrogens (tertiary/aromatic N) is 1. The maximum Gasteiger partial charge on any atom is 0.139 e. The summed E-state index contributed by atoms with van der Waals surface area (Å²) in [5.74, 6) is 0.940. The molecule has 1 aliphatic heterocycles. The van der Waals surface area contributed by atoms with Gasteiger partial charge in [-0.15, -0.1) is 0 Å². The lowest BCUT2D eigenvalue weighted by Crippen LogP contribution is -2.41. The molecule has 0 aliphatic carbocycles. The zero-order valence-corrected chi connectivity index (χ0v) is 9.94. The van der Waals surface area contributed by atoms with Gasteiger partial charge in [0.1, 0.15) is 11.4 Å². The molecule has 0 aromatic carbocycles. The Labute approximate surface area is 100 Å². The van der Waals surface area contributed by atoms with Crippen molar-refractivity contribution >= 4 is 16.8 Å². The van der Waals surface area contributed by atoms with Gasteiger partial charge in [0.2, 0.25) is 0 Å². The number of fused-ring (bicyclic) bond motifs is 1. The fourth-order valence-electron chi connectivity index (χ4n) is 2.47. The molecule has 0 bridgehead atoms. The van der Waals surface area contributed by atoms with Crippen LogP contribution in [0.5, 0.6) is 0 Å². The maximum atomic E-state index is 5.38. The number of anilines is 1. The third kappa shape index (κ3) is 2.13. The molecule has 0 radical (unpaired) electrons. The molecule has 1 saturated heterocycles. The minimum atomic E-state index is 0.499. The van der Waals surface area contributed by atoms with Crippen LogP contribution in [0.15, 0.2) is 29.0 Å². The van der Waals surface area contributed by atoms with Gasteiger partial charge in [-0.05, 0) is 38.4 Å². The Bertz CT molecular complexity index is 508. The molecule has 17 heavy (non-hydrogen) atoms. The van der Waals surface area contributed by atoms with Crippen LogP contribution in [0.25, 0.3) is 11.0 Å². The topological polar surface area (TPSA) is 50.1 Å². The molecule has 2 N–H and O–H groups in total. The molecular weight excluding hydrogens is 214 g/mol. The number of piperidine rings is 1. The van der Waals surface area contributed by atoms with Crippen molar-refractivity contribution in [2.24, 2.45) is 0 Å². The molecule has 0 saturated carbocycles. The van der Waals surface area contributed by atoms with Crippen LogP contribution in [-0.2, 0) is 0 Å². The van der Waals surface area contributed by atoms with Crippen molar-refractivity contribution in [2.75, 3.05) is 11.9 Å². The molecule has 4 nitrogen and oxygen atoms in total. The standard InChI is InChI=1S/C13H17N3O/c1-9-8-10(2-5-14-9)16-13-11-4-7-17-12(11)3-6-15-13/h3-4,6-7,9-10,14H,2,5,8H2,1H3,(H,15,16). The Morgan fingerprint density at radius 2 is 2.41 bits per heavy atom. The molecule has 90 valence electrons. The quantitative estimate of drug-likeness (QED) is 0.833. The van der Waals surface area contributed by atoms with Crippen molar-refractivity contribution in [3.05, 3.63) is 24.6 Å². The fourth-order valence-corrected chi connectivity index (χ4v) is 2.47. The first-order valence-corrected chi connectivity index (χ1v) is 6.15. The number of hydrogen-bond acceptors (Lipinski definition) is 4. The Morgan fingerprint density at radius 1 is 1.47 bits per heavy atom. The van der Waals surface area contributed by atoms with E-state index in [1.807, 2.05) is 12.1 Å². The van der Waals surface area contributed by atoms with E-state index in [0.717, 1.165) is 36.2 Å². The second-order valence-corrected chi connectivity index (χ2v) is 4.71. The number of nitrogens with one attached hydrogen (secondary N) is 2. The fraction of sp³-hybridized carbons (Fsp3) is 0.462. The van der Waals surface area contributed by atoms with Gasteiger partial charge in [0.15, 0.2) is 0 Å². The Kier molecular flexibility index (Phi) is 2.73. The van der Waals surface area contributed by atoms with Crippen LogP contribution >= 0.6 is 0 Å². The van der Waals surface area contributed by atoms with Gasteiger partial charge in [-0.1, -0.05) is 0 Å². The summed E-state index contributed by atoms with van der Waals surface area (Å²) < 4.78 is 5.38. The van der Waals surface area contributed by atoms with Gasteiger partial charge >= 0.3 is 0 Å². The summed E-state index contributed by atoms with van der Waals surface area (Å²) in [4.78, 5) is 4.41. The van der Waals surface area contributed by atoms with Gasteiger partial charge < -0.3 is 15.1 Å². The molecule has 2 aromatic rings. The highest BCUT2D eigenvalue weighted by atomic mass is 16.3. The minimum Gasteiger partial charge on any atom is -0.464 e. The van der Waals surface area contributed by atoms with E-state index in [2.05, 4.69) is 22.5 Å². The largest absolute Gasteiger partial charge is 0.464 e. The van der Waals surface area contributed by atoms with Gasteiger partial charge in [0, 0.05) is 18.3 Å². The van der Waals surface area contributed by atoms with Crippen molar-refractivity contribution in [1.29, 1.82) is 0 Å². The minimum absolute atomic E-state index is 0.499. The maximum absolute atomic E-state index is 5.38. The molecule has 3 heterocycles. The van der Waals surface area contributed by atoms with Gasteiger partial charge in [-0.2, -0.15) is 0 Å². The van der Waals surface area contributed by atoms with Gasteiger partial charge in [-0.3, -0.25) is 0 Å². The number of pyridine rings is 1. The van der Waals surface area contributed by atoms with Crippen LogP contribution in [-0.4, -0.2) is 23.6 Å². The van der Waals surface area contributed by atoms with Crippen LogP contribution in [0.1, 0.15) is 19.8 Å². The van der Waals surface area contributed by atoms with E-state index in [9.17, 15) is 0 Å². The normalized spacial score (nSPS) is 25.0. The summed E-state index contributed by atoms with van der Waals surface area (Å²) in [5, 5.41) is 8.05. The van der Waals surface area contributed by atoms with Crippen molar-refractivity contribution in [2.45, 2.75) is 31.8 Å². The highest BCUT2D eigenvalue weighted by molar-refractivity contribution is 5.87. The SMILES string of the molecule is CC1CC(Nc2nccc3occc23)CCN1. The first-order chi connectivity index (χ1) is 8.33. The Balaban J connectivity index is 1.82. The van der Waals surface area contributed by atoms with Gasteiger partial charge in [0.25, 0.3) is 0 Å². The van der Waals surface area contributed by atoms with E-state index in [0.29, 0.717) is 12.1 Å². The van der Waals surface area contributed by atoms with Crippen molar-refractivity contribution in [1.82, 2.24) is 10.3 Å². The monoisotopic (exact) mass is 231 g/mol. The molecule has 2 unspecified atom stereocenters. The predicted molar refractivity (Wildman–Crippen MR) is 68.1 cm³/mol. The van der Waals surface area contributed by atoms with E-state index in [1.54, 1.807) is 12.5 Å². The Morgan fingerprint density at radius 3 is 3.29 bits per heavy atom. The van der Waals surface area contributed by atoms with Crippen LogP contribution in [0.2, 0.25) is 0 Å². The van der Waals surface area contributed by atoms with Crippen molar-refractivity contribution in [3.63, 3.8) is 0 Å². The zero-order valence-electron chi connectivity index (χ0n) is 9.94. The first kappa shape index (κ1) is 10.6. The lowest BCUT2D eigenvalue weighted by Gasteiger charge is -2.29. The van der Waals surface area contributed by atoms with Crippen molar-refractivity contribution < 1.29 is 4.42 Å².